The summed E-state index contributed by atoms with van der Waals surface area (Å²) >= 11 is 0. The van der Waals surface area contributed by atoms with Crippen molar-refractivity contribution in [2.45, 2.75) is 76.8 Å². The van der Waals surface area contributed by atoms with E-state index in [-0.39, 0.29) is 94.1 Å². The van der Waals surface area contributed by atoms with Crippen LogP contribution in [0.5, 0.6) is 0 Å². The molecule has 0 radical (unpaired) electrons. The molecule has 2 nitrogen and oxygen atoms in total. The number of aliphatic hydroxyl groups is 1. The molecule has 1 atom stereocenters. The second-order valence-electron chi connectivity index (χ2n) is 9.15. The Bertz CT molecular complexity index is 1190. The largest absolute Gasteiger partial charge is 2.00 e. The molecular formula is C26H25F14IMgO2. The minimum Gasteiger partial charge on any atom is -1.00 e. The summed E-state index contributed by atoms with van der Waals surface area (Å²) in [5.74, 6) is 0. The Balaban J connectivity index is -0.000000716. The van der Waals surface area contributed by atoms with Gasteiger partial charge in [0.25, 0.3) is 0 Å². The number of carbonyl (C=O) groups excluding carboxylic acids is 1. The maximum absolute atomic E-state index is 13.9. The number of aryl methyl sites for hydroxylation is 4. The van der Waals surface area contributed by atoms with Crippen LogP contribution in [0, 0.1) is 35.1 Å². The van der Waals surface area contributed by atoms with E-state index in [1.807, 2.05) is 0 Å². The first-order valence-corrected chi connectivity index (χ1v) is 11.1. The van der Waals surface area contributed by atoms with Gasteiger partial charge < -0.3 is 36.5 Å². The number of hydrogen-bond donors (Lipinski definition) is 1. The Labute approximate surface area is 276 Å². The number of aldehydes is 1. The van der Waals surface area contributed by atoms with Gasteiger partial charge in [-0.15, -0.1) is 0 Å². The smallest absolute Gasteiger partial charge is 1.00 e. The van der Waals surface area contributed by atoms with Gasteiger partial charge in [0.2, 0.25) is 0 Å². The minimum absolute atomic E-state index is 0. The molecule has 0 fully saturated rings. The minimum atomic E-state index is -6.16. The van der Waals surface area contributed by atoms with Crippen LogP contribution in [-0.2, 0) is 11.3 Å². The molecule has 0 heterocycles. The Kier molecular flexibility index (Phi) is 16.5. The summed E-state index contributed by atoms with van der Waals surface area (Å²) in [6.45, 7) is 6.00. The van der Waals surface area contributed by atoms with Crippen molar-refractivity contribution in [3.8, 4) is 0 Å². The maximum Gasteiger partial charge on any atom is 2.00 e. The first-order valence-electron chi connectivity index (χ1n) is 11.1. The quantitative estimate of drug-likeness (QED) is 0.133. The van der Waals surface area contributed by atoms with Crippen LogP contribution in [0.1, 0.15) is 62.3 Å². The molecule has 0 saturated carbocycles. The van der Waals surface area contributed by atoms with Crippen LogP contribution < -0.4 is 24.0 Å². The monoisotopic (exact) mass is 786 g/mol. The fraction of sp³-hybridized carbons (Fsp3) is 0.462. The molecule has 0 amide bonds. The number of benzene rings is 2. The summed E-state index contributed by atoms with van der Waals surface area (Å²) in [6, 6.07) is 1.71. The van der Waals surface area contributed by atoms with Crippen molar-refractivity contribution in [1.82, 2.24) is 0 Å². The van der Waals surface area contributed by atoms with E-state index >= 15 is 0 Å². The van der Waals surface area contributed by atoms with Crippen molar-refractivity contribution in [2.24, 2.45) is 0 Å². The number of halogens is 15. The summed E-state index contributed by atoms with van der Waals surface area (Å²) in [5, 5.41) is 9.46. The number of aliphatic hydroxyl groups excluding tert-OH is 1. The molecule has 1 N–H and O–H groups in total. The van der Waals surface area contributed by atoms with Crippen LogP contribution in [0.2, 0.25) is 0 Å². The zero-order chi connectivity index (χ0) is 32.7. The van der Waals surface area contributed by atoms with Gasteiger partial charge in [-0.2, -0.15) is 52.7 Å². The van der Waals surface area contributed by atoms with Crippen molar-refractivity contribution in [3.05, 3.63) is 76.2 Å². The molecule has 18 heteroatoms. The average Bonchev–Trinajstić information content (AvgIpc) is 2.74. The second-order valence-corrected chi connectivity index (χ2v) is 9.15. The molecule has 2 rings (SSSR count). The van der Waals surface area contributed by atoms with Gasteiger partial charge >= 0.3 is 59.1 Å². The van der Waals surface area contributed by atoms with Crippen LogP contribution in [0.15, 0.2) is 24.3 Å². The van der Waals surface area contributed by atoms with Crippen LogP contribution in [-0.4, -0.2) is 59.2 Å². The van der Waals surface area contributed by atoms with E-state index in [2.05, 4.69) is 0 Å². The standard InChI is InChI=1S/C13H13F7O.C12H9F7O.CH3.HI.Mg/c1-6-4-9(5-7(2)10(6)8(3)21)11(14,12(15,16)17)13(18,19)20;1-6-3-8(4-7(2)9(6)5-20)10(13,11(14,15)16)12(17,18)19;;;/h4-5,8,21H,1-3H3;3-5H,1-2H3;1H3;1H;/q;;-1;;+2/p-1. The van der Waals surface area contributed by atoms with Gasteiger partial charge in [0.1, 0.15) is 0 Å². The molecule has 0 aliphatic rings. The van der Waals surface area contributed by atoms with Crippen molar-refractivity contribution in [2.75, 3.05) is 0 Å². The summed E-state index contributed by atoms with van der Waals surface area (Å²) in [5.41, 5.74) is -14.4. The molecule has 44 heavy (non-hydrogen) atoms. The van der Waals surface area contributed by atoms with E-state index in [9.17, 15) is 71.4 Å². The molecule has 2 aromatic rings. The van der Waals surface area contributed by atoms with Gasteiger partial charge in [-0.1, -0.05) is 24.3 Å². The predicted octanol–water partition coefficient (Wildman–Crippen LogP) is 6.12. The number of carbonyl (C=O) groups is 1. The van der Waals surface area contributed by atoms with Crippen LogP contribution in [0.3, 0.4) is 0 Å². The Morgan fingerprint density at radius 2 is 0.818 bits per heavy atom. The van der Waals surface area contributed by atoms with E-state index < -0.39 is 53.3 Å². The van der Waals surface area contributed by atoms with E-state index in [0.717, 1.165) is 13.8 Å². The first-order chi connectivity index (χ1) is 18.1. The predicted molar refractivity (Wildman–Crippen MR) is 130 cm³/mol. The Hall–Kier alpha value is -1.41. The zero-order valence-corrected chi connectivity index (χ0v) is 27.3. The molecule has 248 valence electrons. The second kappa shape index (κ2) is 15.5. The van der Waals surface area contributed by atoms with E-state index in [1.165, 1.54) is 20.8 Å². The molecule has 0 aromatic heterocycles. The third-order valence-corrected chi connectivity index (χ3v) is 6.08. The van der Waals surface area contributed by atoms with E-state index in [0.29, 0.717) is 24.3 Å². The van der Waals surface area contributed by atoms with Crippen molar-refractivity contribution in [3.63, 3.8) is 0 Å². The van der Waals surface area contributed by atoms with Crippen LogP contribution >= 0.6 is 0 Å². The van der Waals surface area contributed by atoms with Gasteiger partial charge in [0.15, 0.2) is 6.29 Å². The van der Waals surface area contributed by atoms with E-state index in [1.54, 1.807) is 0 Å². The van der Waals surface area contributed by atoms with Gasteiger partial charge in [-0.05, 0) is 62.4 Å². The van der Waals surface area contributed by atoms with Gasteiger partial charge in [-0.3, -0.25) is 4.79 Å². The molecule has 1 unspecified atom stereocenters. The molecule has 0 bridgehead atoms. The van der Waals surface area contributed by atoms with Crippen molar-refractivity contribution < 1.29 is 95.3 Å². The van der Waals surface area contributed by atoms with E-state index in [4.69, 9.17) is 0 Å². The fourth-order valence-corrected chi connectivity index (χ4v) is 4.17. The number of alkyl halides is 14. The SMILES string of the molecule is Cc1cc(C(F)(C(F)(F)F)C(F)(F)F)cc(C)c1C(C)O.Cc1cc(C(F)(C(F)(F)F)C(F)(F)F)cc(C)c1C=O.[CH3-].[I-].[Mg+2]. The summed E-state index contributed by atoms with van der Waals surface area (Å²) in [6.07, 6.45) is -25.4. The molecule has 0 spiro atoms. The van der Waals surface area contributed by atoms with Crippen LogP contribution in [0.4, 0.5) is 61.5 Å². The summed E-state index contributed by atoms with van der Waals surface area (Å²) in [7, 11) is 0. The molecule has 2 aromatic carbocycles. The third-order valence-electron chi connectivity index (χ3n) is 6.08. The molecular weight excluding hydrogens is 761 g/mol. The zero-order valence-electron chi connectivity index (χ0n) is 23.7. The normalized spacial score (nSPS) is 13.4. The molecule has 0 aliphatic heterocycles. The molecule has 0 saturated heterocycles. The third kappa shape index (κ3) is 8.89. The summed E-state index contributed by atoms with van der Waals surface area (Å²) < 4.78 is 179. The fourth-order valence-electron chi connectivity index (χ4n) is 4.17. The average molecular weight is 787 g/mol. The van der Waals surface area contributed by atoms with Gasteiger partial charge in [0, 0.05) is 16.7 Å². The molecule has 0 aliphatic carbocycles. The topological polar surface area (TPSA) is 37.3 Å². The first kappa shape index (κ1) is 47.0. The van der Waals surface area contributed by atoms with Gasteiger partial charge in [-0.25, -0.2) is 8.78 Å². The van der Waals surface area contributed by atoms with Crippen molar-refractivity contribution >= 4 is 29.3 Å². The summed E-state index contributed by atoms with van der Waals surface area (Å²) in [4.78, 5) is 10.7. The van der Waals surface area contributed by atoms with Gasteiger partial charge in [0.05, 0.1) is 6.10 Å². The Morgan fingerprint density at radius 1 is 0.591 bits per heavy atom. The van der Waals surface area contributed by atoms with Crippen molar-refractivity contribution in [1.29, 1.82) is 0 Å². The maximum atomic E-state index is 13.9. The number of hydrogen-bond acceptors (Lipinski definition) is 2. The van der Waals surface area contributed by atoms with Crippen LogP contribution in [0.25, 0.3) is 0 Å². The Morgan fingerprint density at radius 3 is 1.00 bits per heavy atom. The number of rotatable bonds is 4.